The Balaban J connectivity index is 0.000000371. The molecular weight excluding hydrogens is 171 g/mol. The minimum absolute atomic E-state index is 0.467. The van der Waals surface area contributed by atoms with Gasteiger partial charge in [-0.05, 0) is 19.2 Å². The molecule has 56 valence electrons. The minimum atomic E-state index is 0.467. The molecule has 0 fully saturated rings. The standard InChI is InChI=1S/C5H3Cl2N.CH5N/c6-4-1-2-5(7)8-3-4;1-2/h1-3H;2H2,1H3. The van der Waals surface area contributed by atoms with E-state index in [1.165, 1.54) is 13.2 Å². The highest BCUT2D eigenvalue weighted by atomic mass is 35.5. The molecule has 1 aromatic rings. The summed E-state index contributed by atoms with van der Waals surface area (Å²) in [6.07, 6.45) is 1.50. The number of nitrogens with zero attached hydrogens (tertiary/aromatic N) is 1. The second kappa shape index (κ2) is 5.47. The molecule has 0 saturated carbocycles. The van der Waals surface area contributed by atoms with Crippen LogP contribution in [0.15, 0.2) is 18.3 Å². The molecule has 0 aliphatic rings. The predicted molar refractivity (Wildman–Crippen MR) is 44.4 cm³/mol. The van der Waals surface area contributed by atoms with Crippen LogP contribution in [0, 0.1) is 0 Å². The Morgan fingerprint density at radius 1 is 1.30 bits per heavy atom. The lowest BCUT2D eigenvalue weighted by Gasteiger charge is -1.85. The van der Waals surface area contributed by atoms with Gasteiger partial charge in [0.1, 0.15) is 5.15 Å². The Morgan fingerprint density at radius 3 is 2.20 bits per heavy atom. The van der Waals surface area contributed by atoms with E-state index in [0.717, 1.165) is 0 Å². The lowest BCUT2D eigenvalue weighted by Crippen LogP contribution is -1.69. The number of aromatic nitrogens is 1. The van der Waals surface area contributed by atoms with Gasteiger partial charge < -0.3 is 5.73 Å². The van der Waals surface area contributed by atoms with Gasteiger partial charge in [0.25, 0.3) is 0 Å². The fourth-order valence-corrected chi connectivity index (χ4v) is 0.581. The lowest BCUT2D eigenvalue weighted by atomic mass is 10.5. The summed E-state index contributed by atoms with van der Waals surface area (Å²) >= 11 is 10.9. The van der Waals surface area contributed by atoms with Gasteiger partial charge in [-0.1, -0.05) is 23.2 Å². The SMILES string of the molecule is CN.Clc1ccc(Cl)nc1. The largest absolute Gasteiger partial charge is 0.333 e. The molecule has 0 amide bonds. The number of rotatable bonds is 0. The van der Waals surface area contributed by atoms with Crippen LogP contribution in [0.3, 0.4) is 0 Å². The zero-order chi connectivity index (χ0) is 7.98. The van der Waals surface area contributed by atoms with Crippen molar-refractivity contribution in [1.82, 2.24) is 4.98 Å². The van der Waals surface area contributed by atoms with Gasteiger partial charge in [-0.2, -0.15) is 0 Å². The van der Waals surface area contributed by atoms with Gasteiger partial charge >= 0.3 is 0 Å². The van der Waals surface area contributed by atoms with Crippen LogP contribution in [-0.4, -0.2) is 12.0 Å². The average molecular weight is 179 g/mol. The molecule has 2 N–H and O–H groups in total. The van der Waals surface area contributed by atoms with Crippen molar-refractivity contribution >= 4 is 23.2 Å². The third-order valence-corrected chi connectivity index (χ3v) is 1.14. The van der Waals surface area contributed by atoms with E-state index in [4.69, 9.17) is 23.2 Å². The zero-order valence-electron chi connectivity index (χ0n) is 5.51. The summed E-state index contributed by atoms with van der Waals surface area (Å²) in [5.41, 5.74) is 4.50. The summed E-state index contributed by atoms with van der Waals surface area (Å²) < 4.78 is 0. The normalized spacial score (nSPS) is 8.00. The molecule has 4 heteroatoms. The maximum absolute atomic E-state index is 5.49. The molecule has 2 nitrogen and oxygen atoms in total. The monoisotopic (exact) mass is 178 g/mol. The Labute approximate surface area is 70.0 Å². The van der Waals surface area contributed by atoms with E-state index < -0.39 is 0 Å². The minimum Gasteiger partial charge on any atom is -0.333 e. The van der Waals surface area contributed by atoms with E-state index >= 15 is 0 Å². The second-order valence-corrected chi connectivity index (χ2v) is 2.12. The van der Waals surface area contributed by atoms with Crippen molar-refractivity contribution in [2.24, 2.45) is 5.73 Å². The molecule has 0 saturated heterocycles. The summed E-state index contributed by atoms with van der Waals surface area (Å²) in [6, 6.07) is 3.33. The third-order valence-electron chi connectivity index (χ3n) is 0.691. The first-order valence-electron chi connectivity index (χ1n) is 2.64. The third kappa shape index (κ3) is 3.67. The molecule has 0 spiro atoms. The maximum atomic E-state index is 5.49. The van der Waals surface area contributed by atoms with Crippen molar-refractivity contribution in [2.75, 3.05) is 7.05 Å². The fourth-order valence-electron chi connectivity index (χ4n) is 0.358. The molecule has 0 atom stereocenters. The summed E-state index contributed by atoms with van der Waals surface area (Å²) in [7, 11) is 1.50. The second-order valence-electron chi connectivity index (χ2n) is 1.30. The smallest absolute Gasteiger partial charge is 0.129 e. The molecule has 10 heavy (non-hydrogen) atoms. The van der Waals surface area contributed by atoms with Gasteiger partial charge in [0.15, 0.2) is 0 Å². The van der Waals surface area contributed by atoms with Crippen molar-refractivity contribution < 1.29 is 0 Å². The van der Waals surface area contributed by atoms with E-state index in [1.807, 2.05) is 0 Å². The van der Waals surface area contributed by atoms with Crippen molar-refractivity contribution in [1.29, 1.82) is 0 Å². The Morgan fingerprint density at radius 2 is 1.90 bits per heavy atom. The molecule has 0 radical (unpaired) electrons. The quantitative estimate of drug-likeness (QED) is 0.618. The zero-order valence-corrected chi connectivity index (χ0v) is 7.02. The molecule has 1 rings (SSSR count). The van der Waals surface area contributed by atoms with Crippen LogP contribution < -0.4 is 5.73 Å². The van der Waals surface area contributed by atoms with Crippen LogP contribution in [0.25, 0.3) is 0 Å². The van der Waals surface area contributed by atoms with Crippen molar-refractivity contribution in [3.63, 3.8) is 0 Å². The highest BCUT2D eigenvalue weighted by Gasteiger charge is 1.85. The summed E-state index contributed by atoms with van der Waals surface area (Å²) in [5, 5.41) is 1.07. The van der Waals surface area contributed by atoms with Gasteiger partial charge in [0.2, 0.25) is 0 Å². The predicted octanol–water partition coefficient (Wildman–Crippen LogP) is 1.96. The molecule has 0 aliphatic heterocycles. The fraction of sp³-hybridized carbons (Fsp3) is 0.167. The number of pyridine rings is 1. The number of nitrogens with two attached hydrogens (primary N) is 1. The Bertz CT molecular complexity index is 153. The van der Waals surface area contributed by atoms with Crippen LogP contribution >= 0.6 is 23.2 Å². The Kier molecular flexibility index (Phi) is 5.30. The summed E-state index contributed by atoms with van der Waals surface area (Å²) in [6.45, 7) is 0. The number of hydrogen-bond donors (Lipinski definition) is 1. The van der Waals surface area contributed by atoms with Crippen molar-refractivity contribution in [2.45, 2.75) is 0 Å². The lowest BCUT2D eigenvalue weighted by molar-refractivity contribution is 1.33. The molecule has 1 aromatic heterocycles. The average Bonchev–Trinajstić information content (AvgIpc) is 2.00. The van der Waals surface area contributed by atoms with E-state index in [-0.39, 0.29) is 0 Å². The van der Waals surface area contributed by atoms with Crippen LogP contribution in [0.2, 0.25) is 10.2 Å². The van der Waals surface area contributed by atoms with E-state index in [2.05, 4.69) is 10.7 Å². The molecule has 0 bridgehead atoms. The van der Waals surface area contributed by atoms with E-state index in [0.29, 0.717) is 10.2 Å². The number of halogens is 2. The van der Waals surface area contributed by atoms with Crippen LogP contribution in [0.1, 0.15) is 0 Å². The first-order valence-corrected chi connectivity index (χ1v) is 3.39. The van der Waals surface area contributed by atoms with Gasteiger partial charge in [-0.15, -0.1) is 0 Å². The topological polar surface area (TPSA) is 38.9 Å². The summed E-state index contributed by atoms with van der Waals surface area (Å²) in [4.78, 5) is 3.71. The van der Waals surface area contributed by atoms with Gasteiger partial charge in [-0.25, -0.2) is 4.98 Å². The highest BCUT2D eigenvalue weighted by Crippen LogP contribution is 2.08. The van der Waals surface area contributed by atoms with Crippen LogP contribution in [0.5, 0.6) is 0 Å². The van der Waals surface area contributed by atoms with Crippen LogP contribution in [-0.2, 0) is 0 Å². The van der Waals surface area contributed by atoms with Crippen molar-refractivity contribution in [3.05, 3.63) is 28.5 Å². The Hall–Kier alpha value is -0.310. The van der Waals surface area contributed by atoms with Gasteiger partial charge in [0, 0.05) is 6.20 Å². The molecule has 0 unspecified atom stereocenters. The van der Waals surface area contributed by atoms with E-state index in [1.54, 1.807) is 12.1 Å². The van der Waals surface area contributed by atoms with E-state index in [9.17, 15) is 0 Å². The van der Waals surface area contributed by atoms with Gasteiger partial charge in [-0.3, -0.25) is 0 Å². The first-order chi connectivity index (χ1) is 4.79. The van der Waals surface area contributed by atoms with Crippen LogP contribution in [0.4, 0.5) is 0 Å². The molecule has 0 aliphatic carbocycles. The maximum Gasteiger partial charge on any atom is 0.129 e. The molecule has 0 aromatic carbocycles. The molecular formula is C6H8Cl2N2. The van der Waals surface area contributed by atoms with Gasteiger partial charge in [0.05, 0.1) is 5.02 Å². The van der Waals surface area contributed by atoms with Crippen molar-refractivity contribution in [3.8, 4) is 0 Å². The molecule has 1 heterocycles. The highest BCUT2D eigenvalue weighted by molar-refractivity contribution is 6.31. The summed E-state index contributed by atoms with van der Waals surface area (Å²) in [5.74, 6) is 0. The number of hydrogen-bond acceptors (Lipinski definition) is 2. The first kappa shape index (κ1) is 9.69.